The summed E-state index contributed by atoms with van der Waals surface area (Å²) in [6.07, 6.45) is 1.46. The fraction of sp³-hybridized carbons (Fsp3) is 0.500. The molecule has 1 aromatic carbocycles. The lowest BCUT2D eigenvalue weighted by atomic mass is 10.0. The lowest BCUT2D eigenvalue weighted by molar-refractivity contribution is -0.142. The minimum atomic E-state index is -0.925. The highest BCUT2D eigenvalue weighted by molar-refractivity contribution is 5.83. The van der Waals surface area contributed by atoms with Gasteiger partial charge in [-0.25, -0.2) is 9.59 Å². The van der Waals surface area contributed by atoms with Crippen molar-refractivity contribution in [3.05, 3.63) is 35.9 Å². The number of rotatable bonds is 4. The van der Waals surface area contributed by atoms with Gasteiger partial charge in [0.2, 0.25) is 0 Å². The molecule has 0 aliphatic carbocycles. The van der Waals surface area contributed by atoms with Gasteiger partial charge in [0, 0.05) is 12.6 Å². The van der Waals surface area contributed by atoms with Gasteiger partial charge in [-0.15, -0.1) is 0 Å². The molecule has 2 N–H and O–H groups in total. The lowest BCUT2D eigenvalue weighted by Crippen LogP contribution is -2.50. The summed E-state index contributed by atoms with van der Waals surface area (Å²) in [5.41, 5.74) is 1.15. The zero-order valence-electron chi connectivity index (χ0n) is 12.5. The maximum Gasteiger partial charge on any atom is 0.326 e. The van der Waals surface area contributed by atoms with Crippen LogP contribution in [0.4, 0.5) is 4.79 Å². The van der Waals surface area contributed by atoms with Crippen molar-refractivity contribution in [1.29, 1.82) is 0 Å². The van der Waals surface area contributed by atoms with Crippen LogP contribution in [0.3, 0.4) is 0 Å². The van der Waals surface area contributed by atoms with E-state index in [1.165, 1.54) is 4.90 Å². The van der Waals surface area contributed by atoms with Gasteiger partial charge < -0.3 is 15.3 Å². The molecule has 1 fully saturated rings. The second kappa shape index (κ2) is 6.61. The Kier molecular flexibility index (Phi) is 4.83. The molecule has 1 aliphatic heterocycles. The molecule has 0 bridgehead atoms. The van der Waals surface area contributed by atoms with Gasteiger partial charge in [0.1, 0.15) is 6.04 Å². The molecular formula is C16H22N2O3. The summed E-state index contributed by atoms with van der Waals surface area (Å²) in [7, 11) is 0. The van der Waals surface area contributed by atoms with Gasteiger partial charge in [-0.2, -0.15) is 0 Å². The number of nitrogens with one attached hydrogen (secondary N) is 1. The summed E-state index contributed by atoms with van der Waals surface area (Å²) >= 11 is 0. The van der Waals surface area contributed by atoms with Crippen molar-refractivity contribution >= 4 is 12.0 Å². The van der Waals surface area contributed by atoms with Crippen LogP contribution in [0.5, 0.6) is 0 Å². The molecule has 3 atom stereocenters. The molecule has 0 radical (unpaired) electrons. The van der Waals surface area contributed by atoms with Crippen LogP contribution in [-0.4, -0.2) is 40.6 Å². The number of carbonyl (C=O) groups excluding carboxylic acids is 1. The first-order chi connectivity index (χ1) is 9.99. The lowest BCUT2D eigenvalue weighted by Gasteiger charge is -2.25. The van der Waals surface area contributed by atoms with E-state index in [1.807, 2.05) is 44.2 Å². The highest BCUT2D eigenvalue weighted by Gasteiger charge is 2.39. The molecule has 114 valence electrons. The Balaban J connectivity index is 1.93. The van der Waals surface area contributed by atoms with Crippen molar-refractivity contribution in [2.75, 3.05) is 6.54 Å². The summed E-state index contributed by atoms with van der Waals surface area (Å²) in [5.74, 6) is -0.927. The number of hydrogen-bond donors (Lipinski definition) is 2. The predicted molar refractivity (Wildman–Crippen MR) is 80.1 cm³/mol. The smallest absolute Gasteiger partial charge is 0.326 e. The number of carbonyl (C=O) groups is 2. The normalized spacial score (nSPS) is 22.9. The Morgan fingerprint density at radius 1 is 1.38 bits per heavy atom. The number of urea groups is 1. The van der Waals surface area contributed by atoms with Crippen LogP contribution < -0.4 is 5.32 Å². The predicted octanol–water partition coefficient (Wildman–Crippen LogP) is 2.12. The van der Waals surface area contributed by atoms with E-state index in [0.29, 0.717) is 6.54 Å². The summed E-state index contributed by atoms with van der Waals surface area (Å²) in [4.78, 5) is 25.0. The topological polar surface area (TPSA) is 69.6 Å². The zero-order valence-corrected chi connectivity index (χ0v) is 12.5. The van der Waals surface area contributed by atoms with E-state index >= 15 is 0 Å². The maximum absolute atomic E-state index is 12.3. The van der Waals surface area contributed by atoms with Crippen molar-refractivity contribution in [3.8, 4) is 0 Å². The van der Waals surface area contributed by atoms with Gasteiger partial charge in [-0.05, 0) is 31.2 Å². The fourth-order valence-electron chi connectivity index (χ4n) is 2.86. The monoisotopic (exact) mass is 290 g/mol. The number of benzene rings is 1. The summed E-state index contributed by atoms with van der Waals surface area (Å²) < 4.78 is 0. The molecule has 2 rings (SSSR count). The fourth-order valence-corrected chi connectivity index (χ4v) is 2.86. The first-order valence-corrected chi connectivity index (χ1v) is 7.33. The van der Waals surface area contributed by atoms with Crippen LogP contribution in [0.2, 0.25) is 0 Å². The quantitative estimate of drug-likeness (QED) is 0.892. The summed E-state index contributed by atoms with van der Waals surface area (Å²) in [6, 6.07) is 8.88. The van der Waals surface area contributed by atoms with Gasteiger partial charge >= 0.3 is 12.0 Å². The first-order valence-electron chi connectivity index (χ1n) is 7.33. The van der Waals surface area contributed by atoms with Gasteiger partial charge in [0.15, 0.2) is 0 Å². The molecule has 1 aliphatic rings. The van der Waals surface area contributed by atoms with Crippen molar-refractivity contribution in [2.24, 2.45) is 5.92 Å². The standard InChI is InChI=1S/C16H22N2O3/c1-11-8-9-18(14(11)15(19)20)16(21)17-12(2)10-13-6-4-3-5-7-13/h3-7,11-12,14H,8-10H2,1-2H3,(H,17,21)(H,19,20). The van der Waals surface area contributed by atoms with E-state index in [2.05, 4.69) is 5.32 Å². The largest absolute Gasteiger partial charge is 0.480 e. The van der Waals surface area contributed by atoms with Gasteiger partial charge in [0.25, 0.3) is 0 Å². The SMILES string of the molecule is CC(Cc1ccccc1)NC(=O)N1CCC(C)C1C(=O)O. The molecule has 21 heavy (non-hydrogen) atoms. The van der Waals surface area contributed by atoms with Crippen LogP contribution in [0.15, 0.2) is 30.3 Å². The van der Waals surface area contributed by atoms with Crippen molar-refractivity contribution < 1.29 is 14.7 Å². The van der Waals surface area contributed by atoms with Gasteiger partial charge in [0.05, 0.1) is 0 Å². The third kappa shape index (κ3) is 3.74. The van der Waals surface area contributed by atoms with E-state index in [1.54, 1.807) is 0 Å². The summed E-state index contributed by atoms with van der Waals surface area (Å²) in [6.45, 7) is 4.31. The van der Waals surface area contributed by atoms with E-state index in [9.17, 15) is 14.7 Å². The minimum Gasteiger partial charge on any atom is -0.480 e. The Morgan fingerprint density at radius 2 is 2.05 bits per heavy atom. The van der Waals surface area contributed by atoms with E-state index in [0.717, 1.165) is 18.4 Å². The zero-order chi connectivity index (χ0) is 15.4. The van der Waals surface area contributed by atoms with Crippen molar-refractivity contribution in [1.82, 2.24) is 10.2 Å². The molecule has 3 unspecified atom stereocenters. The van der Waals surface area contributed by atoms with Crippen LogP contribution in [-0.2, 0) is 11.2 Å². The molecule has 0 spiro atoms. The van der Waals surface area contributed by atoms with Crippen molar-refractivity contribution in [3.63, 3.8) is 0 Å². The number of nitrogens with zero attached hydrogens (tertiary/aromatic N) is 1. The van der Waals surface area contributed by atoms with E-state index < -0.39 is 12.0 Å². The molecule has 1 heterocycles. The molecule has 1 aromatic rings. The van der Waals surface area contributed by atoms with Crippen molar-refractivity contribution in [2.45, 2.75) is 38.8 Å². The minimum absolute atomic E-state index is 0.00215. The molecule has 5 nitrogen and oxygen atoms in total. The Morgan fingerprint density at radius 3 is 2.67 bits per heavy atom. The number of carboxylic acid groups (broad SMARTS) is 1. The number of amides is 2. The Labute approximate surface area is 125 Å². The molecular weight excluding hydrogens is 268 g/mol. The molecule has 5 heteroatoms. The van der Waals surface area contributed by atoms with Crippen LogP contribution in [0, 0.1) is 5.92 Å². The molecule has 2 amide bonds. The third-order valence-electron chi connectivity index (χ3n) is 3.97. The highest BCUT2D eigenvalue weighted by atomic mass is 16.4. The summed E-state index contributed by atoms with van der Waals surface area (Å²) in [5, 5.41) is 12.1. The number of likely N-dealkylation sites (tertiary alicyclic amines) is 1. The number of hydrogen-bond acceptors (Lipinski definition) is 2. The second-order valence-corrected chi connectivity index (χ2v) is 5.78. The van der Waals surface area contributed by atoms with Gasteiger partial charge in [-0.3, -0.25) is 0 Å². The van der Waals surface area contributed by atoms with Crippen LogP contribution >= 0.6 is 0 Å². The van der Waals surface area contributed by atoms with Crippen LogP contribution in [0.25, 0.3) is 0 Å². The Hall–Kier alpha value is -2.04. The average molecular weight is 290 g/mol. The number of carboxylic acids is 1. The first kappa shape index (κ1) is 15.4. The molecule has 0 aromatic heterocycles. The second-order valence-electron chi connectivity index (χ2n) is 5.78. The van der Waals surface area contributed by atoms with E-state index in [-0.39, 0.29) is 18.0 Å². The van der Waals surface area contributed by atoms with Gasteiger partial charge in [-0.1, -0.05) is 37.3 Å². The highest BCUT2D eigenvalue weighted by Crippen LogP contribution is 2.24. The number of aliphatic carboxylic acids is 1. The molecule has 0 saturated carbocycles. The average Bonchev–Trinajstić information content (AvgIpc) is 2.81. The van der Waals surface area contributed by atoms with E-state index in [4.69, 9.17) is 0 Å². The third-order valence-corrected chi connectivity index (χ3v) is 3.97. The maximum atomic E-state index is 12.3. The molecule has 1 saturated heterocycles. The Bertz CT molecular complexity index is 504. The van der Waals surface area contributed by atoms with Crippen LogP contribution in [0.1, 0.15) is 25.8 Å².